The minimum atomic E-state index is -0.380. The molecule has 1 heterocycles. The number of ether oxygens (including phenoxy) is 1. The summed E-state index contributed by atoms with van der Waals surface area (Å²) in [6.45, 7) is -0.247. The van der Waals surface area contributed by atoms with Gasteiger partial charge in [-0.25, -0.2) is 0 Å². The molecule has 0 aliphatic heterocycles. The predicted molar refractivity (Wildman–Crippen MR) is 101 cm³/mol. The van der Waals surface area contributed by atoms with E-state index < -0.39 is 0 Å². The average molecular weight is 368 g/mol. The van der Waals surface area contributed by atoms with E-state index in [1.807, 2.05) is 5.38 Å². The van der Waals surface area contributed by atoms with Crippen molar-refractivity contribution in [2.45, 2.75) is 0 Å². The summed E-state index contributed by atoms with van der Waals surface area (Å²) in [7, 11) is 0. The molecule has 3 N–H and O–H groups in total. The van der Waals surface area contributed by atoms with Crippen LogP contribution in [-0.2, 0) is 4.79 Å². The number of phenolic OH excluding ortho intramolecular Hbond substituents is 1. The summed E-state index contributed by atoms with van der Waals surface area (Å²) in [4.78, 5) is 24.7. The molecule has 0 unspecified atom stereocenters. The molecule has 3 aromatic rings. The highest BCUT2D eigenvalue weighted by Crippen LogP contribution is 2.24. The third kappa shape index (κ3) is 4.61. The minimum Gasteiger partial charge on any atom is -0.504 e. The zero-order chi connectivity index (χ0) is 18.4. The molecule has 0 radical (unpaired) electrons. The maximum atomic E-state index is 12.1. The molecule has 7 heteroatoms. The van der Waals surface area contributed by atoms with Gasteiger partial charge in [0.05, 0.1) is 4.88 Å². The Hall–Kier alpha value is -3.32. The molecule has 2 aromatic carbocycles. The largest absolute Gasteiger partial charge is 0.504 e. The van der Waals surface area contributed by atoms with Crippen LogP contribution in [0.4, 0.5) is 11.4 Å². The summed E-state index contributed by atoms with van der Waals surface area (Å²) in [5.41, 5.74) is 1.10. The van der Waals surface area contributed by atoms with Crippen LogP contribution in [0.3, 0.4) is 0 Å². The highest BCUT2D eigenvalue weighted by Gasteiger charge is 2.09. The second kappa shape index (κ2) is 8.17. The fraction of sp³-hybridized carbons (Fsp3) is 0.0526. The van der Waals surface area contributed by atoms with E-state index in [9.17, 15) is 14.7 Å². The van der Waals surface area contributed by atoms with Crippen LogP contribution >= 0.6 is 11.3 Å². The van der Waals surface area contributed by atoms with Gasteiger partial charge < -0.3 is 20.5 Å². The zero-order valence-electron chi connectivity index (χ0n) is 13.6. The summed E-state index contributed by atoms with van der Waals surface area (Å²) < 4.78 is 5.28. The molecule has 2 amide bonds. The number of nitrogens with one attached hydrogen (secondary N) is 2. The molecular weight excluding hydrogens is 352 g/mol. The van der Waals surface area contributed by atoms with E-state index in [0.717, 1.165) is 0 Å². The number of rotatable bonds is 6. The number of amides is 2. The van der Waals surface area contributed by atoms with Gasteiger partial charge in [-0.15, -0.1) is 11.3 Å². The monoisotopic (exact) mass is 368 g/mol. The molecular formula is C19H16N2O4S. The smallest absolute Gasteiger partial charge is 0.265 e. The Bertz CT molecular complexity index is 909. The summed E-state index contributed by atoms with van der Waals surface area (Å²) in [6, 6.07) is 16.8. The van der Waals surface area contributed by atoms with Gasteiger partial charge in [-0.1, -0.05) is 24.3 Å². The molecule has 0 fully saturated rings. The number of hydrogen-bond acceptors (Lipinski definition) is 5. The molecule has 0 atom stereocenters. The number of para-hydroxylation sites is 2. The van der Waals surface area contributed by atoms with Gasteiger partial charge >= 0.3 is 0 Å². The normalized spacial score (nSPS) is 10.2. The fourth-order valence-electron chi connectivity index (χ4n) is 2.19. The van der Waals surface area contributed by atoms with E-state index in [1.54, 1.807) is 54.6 Å². The van der Waals surface area contributed by atoms with Gasteiger partial charge in [-0.3, -0.25) is 9.59 Å². The second-order valence-electron chi connectivity index (χ2n) is 5.32. The van der Waals surface area contributed by atoms with Crippen LogP contribution in [0.2, 0.25) is 0 Å². The van der Waals surface area contributed by atoms with E-state index in [0.29, 0.717) is 16.3 Å². The summed E-state index contributed by atoms with van der Waals surface area (Å²) in [5.74, 6) is -0.375. The van der Waals surface area contributed by atoms with E-state index >= 15 is 0 Å². The van der Waals surface area contributed by atoms with Crippen molar-refractivity contribution in [1.82, 2.24) is 0 Å². The molecule has 0 aliphatic rings. The second-order valence-corrected chi connectivity index (χ2v) is 6.26. The van der Waals surface area contributed by atoms with Crippen molar-refractivity contribution < 1.29 is 19.4 Å². The zero-order valence-corrected chi connectivity index (χ0v) is 14.5. The number of thiophene rings is 1. The minimum absolute atomic E-state index is 0.0291. The standard InChI is InChI=1S/C19H16N2O4S/c22-15-7-1-2-8-16(15)25-12-18(23)20-13-5-3-6-14(11-13)21-19(24)17-9-4-10-26-17/h1-11,22H,12H2,(H,20,23)(H,21,24). The van der Waals surface area contributed by atoms with Gasteiger partial charge in [0.25, 0.3) is 11.8 Å². The molecule has 6 nitrogen and oxygen atoms in total. The molecule has 0 saturated heterocycles. The van der Waals surface area contributed by atoms with Crippen LogP contribution in [0.5, 0.6) is 11.5 Å². The first-order valence-corrected chi connectivity index (χ1v) is 8.65. The van der Waals surface area contributed by atoms with Crippen molar-refractivity contribution in [2.24, 2.45) is 0 Å². The first kappa shape index (κ1) is 17.5. The summed E-state index contributed by atoms with van der Waals surface area (Å²) in [5, 5.41) is 16.9. The van der Waals surface area contributed by atoms with Crippen molar-refractivity contribution in [3.05, 3.63) is 70.9 Å². The first-order valence-electron chi connectivity index (χ1n) is 7.77. The van der Waals surface area contributed by atoms with Crippen molar-refractivity contribution >= 4 is 34.5 Å². The number of carbonyl (C=O) groups excluding carboxylic acids is 2. The van der Waals surface area contributed by atoms with Crippen molar-refractivity contribution in [1.29, 1.82) is 0 Å². The van der Waals surface area contributed by atoms with E-state index in [2.05, 4.69) is 10.6 Å². The Balaban J connectivity index is 1.57. The van der Waals surface area contributed by atoms with E-state index in [-0.39, 0.29) is 29.9 Å². The SMILES string of the molecule is O=C(COc1ccccc1O)Nc1cccc(NC(=O)c2cccs2)c1. The highest BCUT2D eigenvalue weighted by atomic mass is 32.1. The number of benzene rings is 2. The quantitative estimate of drug-likeness (QED) is 0.619. The van der Waals surface area contributed by atoms with Crippen molar-refractivity contribution in [2.75, 3.05) is 17.2 Å². The molecule has 132 valence electrons. The number of phenols is 1. The topological polar surface area (TPSA) is 87.7 Å². The molecule has 3 rings (SSSR count). The lowest BCUT2D eigenvalue weighted by Crippen LogP contribution is -2.20. The van der Waals surface area contributed by atoms with Crippen LogP contribution in [0, 0.1) is 0 Å². The number of anilines is 2. The maximum Gasteiger partial charge on any atom is 0.265 e. The lowest BCUT2D eigenvalue weighted by atomic mass is 10.2. The fourth-order valence-corrected chi connectivity index (χ4v) is 2.81. The number of hydrogen-bond donors (Lipinski definition) is 3. The third-order valence-electron chi connectivity index (χ3n) is 3.37. The van der Waals surface area contributed by atoms with Gasteiger partial charge in [0.2, 0.25) is 0 Å². The average Bonchev–Trinajstić information content (AvgIpc) is 3.16. The Morgan fingerprint density at radius 1 is 0.962 bits per heavy atom. The van der Waals surface area contributed by atoms with Crippen molar-refractivity contribution in [3.63, 3.8) is 0 Å². The predicted octanol–water partition coefficient (Wildman–Crippen LogP) is 3.72. The molecule has 0 bridgehead atoms. The lowest BCUT2D eigenvalue weighted by molar-refractivity contribution is -0.118. The van der Waals surface area contributed by atoms with Crippen LogP contribution in [0.25, 0.3) is 0 Å². The molecule has 1 aromatic heterocycles. The Morgan fingerprint density at radius 3 is 2.46 bits per heavy atom. The van der Waals surface area contributed by atoms with Gasteiger partial charge in [-0.05, 0) is 41.8 Å². The van der Waals surface area contributed by atoms with Gasteiger partial charge in [0.15, 0.2) is 18.1 Å². The number of aromatic hydroxyl groups is 1. The Kier molecular flexibility index (Phi) is 5.50. The van der Waals surface area contributed by atoms with Crippen LogP contribution in [0.15, 0.2) is 66.0 Å². The lowest BCUT2D eigenvalue weighted by Gasteiger charge is -2.10. The van der Waals surface area contributed by atoms with E-state index in [4.69, 9.17) is 4.74 Å². The van der Waals surface area contributed by atoms with Crippen LogP contribution < -0.4 is 15.4 Å². The Labute approximate surface area is 154 Å². The highest BCUT2D eigenvalue weighted by molar-refractivity contribution is 7.12. The maximum absolute atomic E-state index is 12.1. The summed E-state index contributed by atoms with van der Waals surface area (Å²) >= 11 is 1.35. The molecule has 26 heavy (non-hydrogen) atoms. The van der Waals surface area contributed by atoms with Gasteiger partial charge in [-0.2, -0.15) is 0 Å². The Morgan fingerprint density at radius 2 is 1.73 bits per heavy atom. The van der Waals surface area contributed by atoms with Gasteiger partial charge in [0.1, 0.15) is 0 Å². The molecule has 0 aliphatic carbocycles. The number of carbonyl (C=O) groups is 2. The first-order chi connectivity index (χ1) is 12.6. The van der Waals surface area contributed by atoms with E-state index in [1.165, 1.54) is 17.4 Å². The van der Waals surface area contributed by atoms with Crippen LogP contribution in [-0.4, -0.2) is 23.5 Å². The molecule has 0 spiro atoms. The van der Waals surface area contributed by atoms with Crippen molar-refractivity contribution in [3.8, 4) is 11.5 Å². The third-order valence-corrected chi connectivity index (χ3v) is 4.24. The summed E-state index contributed by atoms with van der Waals surface area (Å²) in [6.07, 6.45) is 0. The van der Waals surface area contributed by atoms with Crippen LogP contribution in [0.1, 0.15) is 9.67 Å². The molecule has 0 saturated carbocycles. The van der Waals surface area contributed by atoms with Gasteiger partial charge in [0, 0.05) is 11.4 Å².